The van der Waals surface area contributed by atoms with Crippen LogP contribution >= 0.6 is 11.3 Å². The zero-order chi connectivity index (χ0) is 32.4. The number of furan rings is 1. The lowest BCUT2D eigenvalue weighted by atomic mass is 9.92. The fraction of sp³-hybridized carbons (Fsp3) is 0.0667. The molecular weight excluding hydrogens is 603 g/mol. The third-order valence-electron chi connectivity index (χ3n) is 9.58. The Labute approximate surface area is 284 Å². The Morgan fingerprint density at radius 2 is 1.21 bits per heavy atom. The molecule has 230 valence electrons. The number of rotatable bonds is 5. The first kappa shape index (κ1) is 28.6. The van der Waals surface area contributed by atoms with E-state index in [1.165, 1.54) is 64.8 Å². The number of hydrogen-bond acceptors (Lipinski definition) is 3. The molecule has 2 heterocycles. The summed E-state index contributed by atoms with van der Waals surface area (Å²) in [5.74, 6) is 0. The van der Waals surface area contributed by atoms with Crippen molar-refractivity contribution in [3.63, 3.8) is 0 Å². The van der Waals surface area contributed by atoms with Crippen LogP contribution in [0.25, 0.3) is 64.4 Å². The molecule has 9 aromatic rings. The molecular formula is C45H33NOS. The molecule has 0 N–H and O–H groups in total. The molecule has 7 aromatic carbocycles. The Balaban J connectivity index is 1.23. The van der Waals surface area contributed by atoms with Gasteiger partial charge in [-0.1, -0.05) is 78.9 Å². The van der Waals surface area contributed by atoms with Crippen LogP contribution in [-0.4, -0.2) is 0 Å². The SMILES string of the molecule is Cc1cc(N(c2ccccc2)c2ccc3oc4ccccc4c3c2)c2sc3ccc(-c4ccc(C)c(-c5ccccc5C)c4)cc3c2c1. The van der Waals surface area contributed by atoms with Crippen LogP contribution in [0.4, 0.5) is 17.1 Å². The number of benzene rings is 7. The van der Waals surface area contributed by atoms with E-state index in [-0.39, 0.29) is 0 Å². The van der Waals surface area contributed by atoms with E-state index in [9.17, 15) is 0 Å². The van der Waals surface area contributed by atoms with E-state index in [4.69, 9.17) is 4.42 Å². The second kappa shape index (κ2) is 11.3. The van der Waals surface area contributed by atoms with Crippen LogP contribution in [0.3, 0.4) is 0 Å². The Bertz CT molecular complexity index is 2660. The van der Waals surface area contributed by atoms with Gasteiger partial charge in [0.05, 0.1) is 10.4 Å². The zero-order valence-corrected chi connectivity index (χ0v) is 27.9. The van der Waals surface area contributed by atoms with Crippen LogP contribution in [0.1, 0.15) is 16.7 Å². The summed E-state index contributed by atoms with van der Waals surface area (Å²) < 4.78 is 8.77. The number of fused-ring (bicyclic) bond motifs is 6. The quantitative estimate of drug-likeness (QED) is 0.187. The fourth-order valence-electron chi connectivity index (χ4n) is 7.17. The molecule has 0 atom stereocenters. The molecule has 0 saturated carbocycles. The molecule has 9 rings (SSSR count). The van der Waals surface area contributed by atoms with Crippen LogP contribution in [0, 0.1) is 20.8 Å². The van der Waals surface area contributed by atoms with Crippen LogP contribution in [0.5, 0.6) is 0 Å². The van der Waals surface area contributed by atoms with E-state index < -0.39 is 0 Å². The molecule has 0 aliphatic carbocycles. The average Bonchev–Trinajstić information content (AvgIpc) is 3.67. The van der Waals surface area contributed by atoms with E-state index in [1.54, 1.807) is 0 Å². The molecule has 2 aromatic heterocycles. The summed E-state index contributed by atoms with van der Waals surface area (Å²) >= 11 is 1.87. The average molecular weight is 636 g/mol. The van der Waals surface area contributed by atoms with Crippen molar-refractivity contribution in [2.75, 3.05) is 4.90 Å². The molecule has 0 fully saturated rings. The number of nitrogens with zero attached hydrogens (tertiary/aromatic N) is 1. The minimum atomic E-state index is 0.901. The van der Waals surface area contributed by atoms with Gasteiger partial charge in [0.1, 0.15) is 11.2 Å². The van der Waals surface area contributed by atoms with Crippen molar-refractivity contribution < 1.29 is 4.42 Å². The second-order valence-electron chi connectivity index (χ2n) is 12.8. The van der Waals surface area contributed by atoms with Gasteiger partial charge in [0.2, 0.25) is 0 Å². The standard InChI is InChI=1S/C45H33NOS/c1-28-23-40-39-26-32(31-18-17-30(3)37(25-31)35-14-8-7-11-29(35)2)19-22-44(39)48-45(40)41(24-28)46(33-12-5-4-6-13-33)34-20-21-43-38(27-34)36-15-9-10-16-42(36)47-43/h4-27H,1-3H3. The Morgan fingerprint density at radius 3 is 2.08 bits per heavy atom. The summed E-state index contributed by atoms with van der Waals surface area (Å²) in [5, 5.41) is 4.83. The van der Waals surface area contributed by atoms with Crippen molar-refractivity contribution in [3.8, 4) is 22.3 Å². The fourth-order valence-corrected chi connectivity index (χ4v) is 8.34. The maximum absolute atomic E-state index is 6.20. The molecule has 2 nitrogen and oxygen atoms in total. The summed E-state index contributed by atoms with van der Waals surface area (Å²) in [6, 6.07) is 52.8. The normalized spacial score (nSPS) is 11.6. The van der Waals surface area contributed by atoms with Gasteiger partial charge in [-0.05, 0) is 126 Å². The summed E-state index contributed by atoms with van der Waals surface area (Å²) in [6.45, 7) is 6.61. The summed E-state index contributed by atoms with van der Waals surface area (Å²) in [5.41, 5.74) is 14.1. The number of thiophene rings is 1. The van der Waals surface area contributed by atoms with Gasteiger partial charge in [-0.15, -0.1) is 11.3 Å². The second-order valence-corrected chi connectivity index (χ2v) is 13.8. The molecule has 0 aliphatic heterocycles. The molecule has 0 aliphatic rings. The van der Waals surface area contributed by atoms with Crippen molar-refractivity contribution in [1.29, 1.82) is 0 Å². The maximum Gasteiger partial charge on any atom is 0.135 e. The molecule has 0 bridgehead atoms. The molecule has 0 spiro atoms. The first-order valence-corrected chi connectivity index (χ1v) is 17.2. The van der Waals surface area contributed by atoms with Crippen molar-refractivity contribution >= 4 is 70.5 Å². The highest BCUT2D eigenvalue weighted by Gasteiger charge is 2.20. The summed E-state index contributed by atoms with van der Waals surface area (Å²) in [6.07, 6.45) is 0. The minimum absolute atomic E-state index is 0.901. The zero-order valence-electron chi connectivity index (χ0n) is 27.1. The maximum atomic E-state index is 6.20. The largest absolute Gasteiger partial charge is 0.456 e. The minimum Gasteiger partial charge on any atom is -0.456 e. The van der Waals surface area contributed by atoms with Crippen LogP contribution in [-0.2, 0) is 0 Å². The number of para-hydroxylation sites is 2. The third kappa shape index (κ3) is 4.70. The Morgan fingerprint density at radius 1 is 0.479 bits per heavy atom. The predicted octanol–water partition coefficient (Wildman–Crippen LogP) is 13.7. The lowest BCUT2D eigenvalue weighted by molar-refractivity contribution is 0.669. The first-order valence-electron chi connectivity index (χ1n) is 16.4. The van der Waals surface area contributed by atoms with Gasteiger partial charge in [-0.25, -0.2) is 0 Å². The van der Waals surface area contributed by atoms with Crippen LogP contribution < -0.4 is 4.90 Å². The number of aryl methyl sites for hydroxylation is 3. The molecule has 0 amide bonds. The van der Waals surface area contributed by atoms with Gasteiger partial charge < -0.3 is 9.32 Å². The molecule has 0 radical (unpaired) electrons. The van der Waals surface area contributed by atoms with Crippen LogP contribution in [0.2, 0.25) is 0 Å². The van der Waals surface area contributed by atoms with Crippen molar-refractivity contribution in [2.45, 2.75) is 20.8 Å². The lowest BCUT2D eigenvalue weighted by Crippen LogP contribution is -2.10. The van der Waals surface area contributed by atoms with Gasteiger partial charge in [-0.2, -0.15) is 0 Å². The van der Waals surface area contributed by atoms with E-state index in [2.05, 4.69) is 159 Å². The lowest BCUT2D eigenvalue weighted by Gasteiger charge is -2.26. The van der Waals surface area contributed by atoms with Gasteiger partial charge >= 0.3 is 0 Å². The summed E-state index contributed by atoms with van der Waals surface area (Å²) in [4.78, 5) is 2.40. The summed E-state index contributed by atoms with van der Waals surface area (Å²) in [7, 11) is 0. The number of anilines is 3. The Kier molecular flexibility index (Phi) is 6.70. The third-order valence-corrected chi connectivity index (χ3v) is 10.8. The first-order chi connectivity index (χ1) is 23.5. The topological polar surface area (TPSA) is 16.4 Å². The predicted molar refractivity (Wildman–Crippen MR) is 206 cm³/mol. The molecule has 0 saturated heterocycles. The smallest absolute Gasteiger partial charge is 0.135 e. The number of hydrogen-bond donors (Lipinski definition) is 0. The monoisotopic (exact) mass is 635 g/mol. The van der Waals surface area contributed by atoms with Gasteiger partial charge in [0.25, 0.3) is 0 Å². The van der Waals surface area contributed by atoms with Gasteiger partial charge in [-0.3, -0.25) is 0 Å². The highest BCUT2D eigenvalue weighted by Crippen LogP contribution is 2.47. The highest BCUT2D eigenvalue weighted by atomic mass is 32.1. The highest BCUT2D eigenvalue weighted by molar-refractivity contribution is 7.26. The van der Waals surface area contributed by atoms with E-state index in [0.717, 1.165) is 33.3 Å². The molecule has 3 heteroatoms. The van der Waals surface area contributed by atoms with Crippen molar-refractivity contribution in [2.24, 2.45) is 0 Å². The van der Waals surface area contributed by atoms with Crippen molar-refractivity contribution in [1.82, 2.24) is 0 Å². The van der Waals surface area contributed by atoms with Gasteiger partial charge in [0, 0.05) is 37.6 Å². The Hall–Kier alpha value is -5.64. The molecule has 48 heavy (non-hydrogen) atoms. The van der Waals surface area contributed by atoms with Gasteiger partial charge in [0.15, 0.2) is 0 Å². The van der Waals surface area contributed by atoms with E-state index >= 15 is 0 Å². The molecule has 0 unspecified atom stereocenters. The van der Waals surface area contributed by atoms with E-state index in [0.29, 0.717) is 0 Å². The van der Waals surface area contributed by atoms with Crippen LogP contribution in [0.15, 0.2) is 150 Å². The van der Waals surface area contributed by atoms with E-state index in [1.807, 2.05) is 23.5 Å². The van der Waals surface area contributed by atoms with Crippen molar-refractivity contribution in [3.05, 3.63) is 162 Å².